The first-order valence-corrected chi connectivity index (χ1v) is 8.81. The summed E-state index contributed by atoms with van der Waals surface area (Å²) in [5.41, 5.74) is 5.12. The molecule has 0 atom stereocenters. The van der Waals surface area contributed by atoms with Gasteiger partial charge in [0.1, 0.15) is 5.82 Å². The SMILES string of the molecule is Fc1ccc(-c2ncccc2CC(c2cccnc2)c2cccnc2)cc1. The van der Waals surface area contributed by atoms with Crippen molar-refractivity contribution in [1.82, 2.24) is 15.0 Å². The Balaban J connectivity index is 1.75. The van der Waals surface area contributed by atoms with Crippen molar-refractivity contribution in [2.24, 2.45) is 0 Å². The Bertz CT molecular complexity index is 963. The number of halogens is 1. The van der Waals surface area contributed by atoms with Crippen molar-refractivity contribution >= 4 is 0 Å². The maximum atomic E-state index is 13.3. The minimum absolute atomic E-state index is 0.107. The fourth-order valence-electron chi connectivity index (χ4n) is 3.28. The Hall–Kier alpha value is -3.40. The molecule has 3 nitrogen and oxygen atoms in total. The van der Waals surface area contributed by atoms with Gasteiger partial charge in [0.25, 0.3) is 0 Å². The van der Waals surface area contributed by atoms with E-state index in [4.69, 9.17) is 0 Å². The minimum atomic E-state index is -0.250. The average molecular weight is 355 g/mol. The molecular weight excluding hydrogens is 337 g/mol. The molecule has 0 bridgehead atoms. The van der Waals surface area contributed by atoms with E-state index in [1.165, 1.54) is 12.1 Å². The smallest absolute Gasteiger partial charge is 0.123 e. The summed E-state index contributed by atoms with van der Waals surface area (Å²) in [6.45, 7) is 0. The summed E-state index contributed by atoms with van der Waals surface area (Å²) >= 11 is 0. The van der Waals surface area contributed by atoms with E-state index in [1.807, 2.05) is 30.6 Å². The van der Waals surface area contributed by atoms with Crippen LogP contribution in [0, 0.1) is 5.82 Å². The zero-order chi connectivity index (χ0) is 18.5. The molecule has 0 N–H and O–H groups in total. The Morgan fingerprint density at radius 3 is 1.96 bits per heavy atom. The fraction of sp³-hybridized carbons (Fsp3) is 0.0870. The predicted molar refractivity (Wildman–Crippen MR) is 104 cm³/mol. The fourth-order valence-corrected chi connectivity index (χ4v) is 3.28. The van der Waals surface area contributed by atoms with Gasteiger partial charge in [-0.1, -0.05) is 18.2 Å². The van der Waals surface area contributed by atoms with Crippen LogP contribution in [-0.4, -0.2) is 15.0 Å². The van der Waals surface area contributed by atoms with Gasteiger partial charge >= 0.3 is 0 Å². The highest BCUT2D eigenvalue weighted by molar-refractivity contribution is 5.63. The van der Waals surface area contributed by atoms with Crippen molar-refractivity contribution in [3.8, 4) is 11.3 Å². The molecule has 0 saturated carbocycles. The van der Waals surface area contributed by atoms with Gasteiger partial charge in [-0.2, -0.15) is 0 Å². The van der Waals surface area contributed by atoms with Gasteiger partial charge in [-0.05, 0) is 65.6 Å². The largest absolute Gasteiger partial charge is 0.264 e. The molecule has 27 heavy (non-hydrogen) atoms. The molecule has 0 saturated heterocycles. The van der Waals surface area contributed by atoms with E-state index in [0.717, 1.165) is 34.4 Å². The number of benzene rings is 1. The zero-order valence-corrected chi connectivity index (χ0v) is 14.7. The molecule has 0 amide bonds. The van der Waals surface area contributed by atoms with Crippen molar-refractivity contribution in [3.63, 3.8) is 0 Å². The molecule has 3 aromatic heterocycles. The van der Waals surface area contributed by atoms with Crippen LogP contribution in [0.25, 0.3) is 11.3 Å². The van der Waals surface area contributed by atoms with Crippen molar-refractivity contribution in [2.75, 3.05) is 0 Å². The third-order valence-electron chi connectivity index (χ3n) is 4.61. The van der Waals surface area contributed by atoms with Crippen LogP contribution in [0.3, 0.4) is 0 Å². The van der Waals surface area contributed by atoms with Crippen LogP contribution in [0.1, 0.15) is 22.6 Å². The van der Waals surface area contributed by atoms with Crippen LogP contribution < -0.4 is 0 Å². The summed E-state index contributed by atoms with van der Waals surface area (Å²) in [6, 6.07) is 18.5. The Morgan fingerprint density at radius 1 is 0.741 bits per heavy atom. The van der Waals surface area contributed by atoms with E-state index in [-0.39, 0.29) is 11.7 Å². The number of hydrogen-bond acceptors (Lipinski definition) is 3. The molecule has 4 rings (SSSR count). The zero-order valence-electron chi connectivity index (χ0n) is 14.7. The minimum Gasteiger partial charge on any atom is -0.264 e. The lowest BCUT2D eigenvalue weighted by Gasteiger charge is -2.19. The van der Waals surface area contributed by atoms with Gasteiger partial charge in [-0.3, -0.25) is 15.0 Å². The first-order chi connectivity index (χ1) is 13.3. The number of aromatic nitrogens is 3. The molecule has 0 radical (unpaired) electrons. The second kappa shape index (κ2) is 7.87. The van der Waals surface area contributed by atoms with Crippen LogP contribution in [0.2, 0.25) is 0 Å². The highest BCUT2D eigenvalue weighted by Gasteiger charge is 2.18. The van der Waals surface area contributed by atoms with E-state index in [1.54, 1.807) is 30.7 Å². The lowest BCUT2D eigenvalue weighted by Crippen LogP contribution is -2.07. The number of nitrogens with zero attached hydrogens (tertiary/aromatic N) is 3. The molecular formula is C23H18FN3. The number of hydrogen-bond donors (Lipinski definition) is 0. The van der Waals surface area contributed by atoms with E-state index >= 15 is 0 Å². The standard InChI is InChI=1S/C23H18FN3/c24-21-9-7-17(8-10-21)23-18(4-3-13-27-23)14-22(19-5-1-11-25-15-19)20-6-2-12-26-16-20/h1-13,15-16,22H,14H2. The Kier molecular flexibility index (Phi) is 4.97. The summed E-state index contributed by atoms with van der Waals surface area (Å²) in [4.78, 5) is 13.1. The summed E-state index contributed by atoms with van der Waals surface area (Å²) in [5, 5.41) is 0. The van der Waals surface area contributed by atoms with Crippen LogP contribution in [0.5, 0.6) is 0 Å². The highest BCUT2D eigenvalue weighted by Crippen LogP contribution is 2.31. The molecule has 3 heterocycles. The van der Waals surface area contributed by atoms with Crippen LogP contribution in [0.4, 0.5) is 4.39 Å². The predicted octanol–water partition coefficient (Wildman–Crippen LogP) is 5.05. The van der Waals surface area contributed by atoms with Crippen molar-refractivity contribution in [3.05, 3.63) is 114 Å². The topological polar surface area (TPSA) is 38.7 Å². The van der Waals surface area contributed by atoms with Crippen molar-refractivity contribution < 1.29 is 4.39 Å². The van der Waals surface area contributed by atoms with Gasteiger partial charge in [-0.15, -0.1) is 0 Å². The first kappa shape index (κ1) is 17.0. The number of rotatable bonds is 5. The summed E-state index contributed by atoms with van der Waals surface area (Å²) in [6.07, 6.45) is 9.86. The monoisotopic (exact) mass is 355 g/mol. The van der Waals surface area contributed by atoms with E-state index < -0.39 is 0 Å². The maximum absolute atomic E-state index is 13.3. The molecule has 0 aliphatic heterocycles. The summed E-state index contributed by atoms with van der Waals surface area (Å²) in [7, 11) is 0. The van der Waals surface area contributed by atoms with Crippen molar-refractivity contribution in [2.45, 2.75) is 12.3 Å². The van der Waals surface area contributed by atoms with E-state index in [2.05, 4.69) is 33.2 Å². The second-order valence-electron chi connectivity index (χ2n) is 6.35. The lowest BCUT2D eigenvalue weighted by atomic mass is 9.86. The van der Waals surface area contributed by atoms with E-state index in [0.29, 0.717) is 0 Å². The van der Waals surface area contributed by atoms with Crippen molar-refractivity contribution in [1.29, 1.82) is 0 Å². The van der Waals surface area contributed by atoms with Crippen LogP contribution in [0.15, 0.2) is 91.6 Å². The van der Waals surface area contributed by atoms with Crippen LogP contribution >= 0.6 is 0 Å². The second-order valence-corrected chi connectivity index (χ2v) is 6.35. The molecule has 0 fully saturated rings. The third-order valence-corrected chi connectivity index (χ3v) is 4.61. The van der Waals surface area contributed by atoms with Gasteiger partial charge in [0.05, 0.1) is 5.69 Å². The molecule has 4 aromatic rings. The van der Waals surface area contributed by atoms with E-state index in [9.17, 15) is 4.39 Å². The molecule has 132 valence electrons. The highest BCUT2D eigenvalue weighted by atomic mass is 19.1. The Labute approximate surface area is 157 Å². The summed E-state index contributed by atoms with van der Waals surface area (Å²) in [5.74, 6) is -0.143. The summed E-state index contributed by atoms with van der Waals surface area (Å²) < 4.78 is 13.3. The van der Waals surface area contributed by atoms with Crippen LogP contribution in [-0.2, 0) is 6.42 Å². The molecule has 1 aromatic carbocycles. The van der Waals surface area contributed by atoms with Gasteiger partial charge < -0.3 is 0 Å². The maximum Gasteiger partial charge on any atom is 0.123 e. The third kappa shape index (κ3) is 3.90. The van der Waals surface area contributed by atoms with Gasteiger partial charge in [-0.25, -0.2) is 4.39 Å². The molecule has 0 aliphatic carbocycles. The Morgan fingerprint density at radius 2 is 1.37 bits per heavy atom. The lowest BCUT2D eigenvalue weighted by molar-refractivity contribution is 0.628. The molecule has 0 unspecified atom stereocenters. The van der Waals surface area contributed by atoms with Gasteiger partial charge in [0.15, 0.2) is 0 Å². The van der Waals surface area contributed by atoms with Gasteiger partial charge in [0, 0.05) is 42.5 Å². The van der Waals surface area contributed by atoms with Gasteiger partial charge in [0.2, 0.25) is 0 Å². The molecule has 0 spiro atoms. The molecule has 4 heteroatoms. The first-order valence-electron chi connectivity index (χ1n) is 8.81. The number of pyridine rings is 3. The average Bonchev–Trinajstić information content (AvgIpc) is 2.74. The normalized spacial score (nSPS) is 10.9. The molecule has 0 aliphatic rings. The quantitative estimate of drug-likeness (QED) is 0.503.